The number of ether oxygens (including phenoxy) is 1. The highest BCUT2D eigenvalue weighted by Gasteiger charge is 2.39. The Morgan fingerprint density at radius 1 is 1.69 bits per heavy atom. The van der Waals surface area contributed by atoms with E-state index in [2.05, 4.69) is 9.84 Å². The number of esters is 1. The van der Waals surface area contributed by atoms with Crippen molar-refractivity contribution in [2.75, 3.05) is 7.11 Å². The molecule has 0 aliphatic rings. The van der Waals surface area contributed by atoms with Crippen LogP contribution in [0.1, 0.15) is 16.1 Å². The molecule has 8 heteroatoms. The molecule has 0 saturated carbocycles. The summed E-state index contributed by atoms with van der Waals surface area (Å²) in [4.78, 5) is 11.0. The number of hydrogen-bond acceptors (Lipinski definition) is 4. The van der Waals surface area contributed by atoms with Gasteiger partial charge in [0.25, 0.3) is 0 Å². The van der Waals surface area contributed by atoms with E-state index in [9.17, 15) is 18.0 Å². The molecular weight excluding hydrogens is 227 g/mol. The number of rotatable bonds is 2. The quantitative estimate of drug-likeness (QED) is 0.720. The van der Waals surface area contributed by atoms with Gasteiger partial charge < -0.3 is 4.74 Å². The Kier molecular flexibility index (Phi) is 3.17. The molecule has 1 heterocycles. The average molecular weight is 233 g/mol. The van der Waals surface area contributed by atoms with Crippen molar-refractivity contribution >= 4 is 5.97 Å². The van der Waals surface area contributed by atoms with Gasteiger partial charge in [-0.25, -0.2) is 4.79 Å². The molecular formula is C8H6F3N3O2. The number of nitrogens with zero attached hydrogens (tertiary/aromatic N) is 3. The average Bonchev–Trinajstić information content (AvgIpc) is 2.61. The van der Waals surface area contributed by atoms with E-state index in [0.29, 0.717) is 0 Å². The van der Waals surface area contributed by atoms with Crippen LogP contribution in [0.15, 0.2) is 6.20 Å². The van der Waals surface area contributed by atoms with Crippen LogP contribution >= 0.6 is 0 Å². The van der Waals surface area contributed by atoms with Gasteiger partial charge in [-0.2, -0.15) is 23.5 Å². The molecule has 1 aromatic heterocycles. The third-order valence-electron chi connectivity index (χ3n) is 1.67. The Bertz CT molecular complexity index is 444. The first-order chi connectivity index (χ1) is 7.40. The van der Waals surface area contributed by atoms with Crippen molar-refractivity contribution in [3.8, 4) is 6.07 Å². The fourth-order valence-corrected chi connectivity index (χ4v) is 1.04. The Balaban J connectivity index is 3.24. The fourth-order valence-electron chi connectivity index (χ4n) is 1.04. The van der Waals surface area contributed by atoms with Crippen molar-refractivity contribution in [2.24, 2.45) is 0 Å². The van der Waals surface area contributed by atoms with Crippen molar-refractivity contribution in [1.29, 1.82) is 5.26 Å². The summed E-state index contributed by atoms with van der Waals surface area (Å²) in [7, 11) is 0.962. The third-order valence-corrected chi connectivity index (χ3v) is 1.67. The molecule has 16 heavy (non-hydrogen) atoms. The van der Waals surface area contributed by atoms with Crippen LogP contribution in [0.4, 0.5) is 13.2 Å². The molecule has 0 atom stereocenters. The Hall–Kier alpha value is -2.04. The molecule has 86 valence electrons. The predicted octanol–water partition coefficient (Wildman–Crippen LogP) is 1.21. The van der Waals surface area contributed by atoms with Crippen molar-refractivity contribution in [3.05, 3.63) is 17.5 Å². The number of carbonyl (C=O) groups is 1. The summed E-state index contributed by atoms with van der Waals surface area (Å²) in [6, 6.07) is 1.61. The molecule has 1 aromatic rings. The molecule has 0 fully saturated rings. The van der Waals surface area contributed by atoms with E-state index in [1.165, 1.54) is 0 Å². The second-order valence-corrected chi connectivity index (χ2v) is 2.74. The van der Waals surface area contributed by atoms with E-state index in [1.54, 1.807) is 6.07 Å². The maximum Gasteiger partial charge on any atom is 0.436 e. The summed E-state index contributed by atoms with van der Waals surface area (Å²) in [6.07, 6.45) is -3.93. The van der Waals surface area contributed by atoms with Crippen molar-refractivity contribution in [1.82, 2.24) is 9.78 Å². The lowest BCUT2D eigenvalue weighted by Crippen LogP contribution is -2.13. The van der Waals surface area contributed by atoms with Crippen LogP contribution in [-0.2, 0) is 17.5 Å². The molecule has 0 saturated heterocycles. The van der Waals surface area contributed by atoms with Gasteiger partial charge in [-0.15, -0.1) is 0 Å². The maximum absolute atomic E-state index is 12.4. The second kappa shape index (κ2) is 4.22. The van der Waals surface area contributed by atoms with Gasteiger partial charge in [0.05, 0.1) is 13.2 Å². The van der Waals surface area contributed by atoms with E-state index < -0.39 is 23.4 Å². The number of alkyl halides is 3. The Labute approximate surface area is 88.0 Å². The van der Waals surface area contributed by atoms with Crippen LogP contribution in [-0.4, -0.2) is 22.9 Å². The summed E-state index contributed by atoms with van der Waals surface area (Å²) >= 11 is 0. The van der Waals surface area contributed by atoms with Crippen molar-refractivity contribution in [2.45, 2.75) is 12.7 Å². The zero-order valence-corrected chi connectivity index (χ0v) is 8.08. The summed E-state index contributed by atoms with van der Waals surface area (Å²) < 4.78 is 42.2. The number of hydrogen-bond donors (Lipinski definition) is 0. The molecule has 0 spiro atoms. The number of carbonyl (C=O) groups excluding carboxylic acids is 1. The maximum atomic E-state index is 12.4. The SMILES string of the molecule is COC(=O)c1cn(CC#N)nc1C(F)(F)F. The second-order valence-electron chi connectivity index (χ2n) is 2.74. The molecule has 0 aliphatic heterocycles. The van der Waals surface area contributed by atoms with E-state index >= 15 is 0 Å². The molecule has 0 radical (unpaired) electrons. The normalized spacial score (nSPS) is 10.9. The molecule has 0 unspecified atom stereocenters. The van der Waals surface area contributed by atoms with Gasteiger partial charge in [-0.1, -0.05) is 0 Å². The van der Waals surface area contributed by atoms with Gasteiger partial charge in [0, 0.05) is 6.20 Å². The molecule has 0 bridgehead atoms. The van der Waals surface area contributed by atoms with Crippen LogP contribution in [0.2, 0.25) is 0 Å². The minimum Gasteiger partial charge on any atom is -0.465 e. The smallest absolute Gasteiger partial charge is 0.436 e. The zero-order chi connectivity index (χ0) is 12.3. The van der Waals surface area contributed by atoms with Gasteiger partial charge >= 0.3 is 12.1 Å². The molecule has 1 rings (SSSR count). The van der Waals surface area contributed by atoms with Crippen LogP contribution in [0.5, 0.6) is 0 Å². The number of methoxy groups -OCH3 is 1. The number of aromatic nitrogens is 2. The highest BCUT2D eigenvalue weighted by Crippen LogP contribution is 2.30. The first kappa shape index (κ1) is 12.0. The highest BCUT2D eigenvalue weighted by molar-refractivity contribution is 5.90. The summed E-state index contributed by atoms with van der Waals surface area (Å²) in [6.45, 7) is -0.375. The fraction of sp³-hybridized carbons (Fsp3) is 0.375. The molecule has 0 aromatic carbocycles. The van der Waals surface area contributed by atoms with Crippen molar-refractivity contribution in [3.63, 3.8) is 0 Å². The van der Waals surface area contributed by atoms with Crippen molar-refractivity contribution < 1.29 is 22.7 Å². The van der Waals surface area contributed by atoms with E-state index in [1.807, 2.05) is 0 Å². The molecule has 0 N–H and O–H groups in total. The van der Waals surface area contributed by atoms with Crippen LogP contribution in [0.3, 0.4) is 0 Å². The lowest BCUT2D eigenvalue weighted by molar-refractivity contribution is -0.142. The molecule has 5 nitrogen and oxygen atoms in total. The third kappa shape index (κ3) is 2.31. The summed E-state index contributed by atoms with van der Waals surface area (Å²) in [5, 5.41) is 11.4. The number of halogens is 3. The molecule has 0 amide bonds. The molecule has 0 aliphatic carbocycles. The Morgan fingerprint density at radius 2 is 2.31 bits per heavy atom. The van der Waals surface area contributed by atoms with Gasteiger partial charge in [0.1, 0.15) is 12.1 Å². The van der Waals surface area contributed by atoms with E-state index in [0.717, 1.165) is 18.0 Å². The Morgan fingerprint density at radius 3 is 2.75 bits per heavy atom. The predicted molar refractivity (Wildman–Crippen MR) is 44.2 cm³/mol. The van der Waals surface area contributed by atoms with Gasteiger partial charge in [-0.3, -0.25) is 4.68 Å². The van der Waals surface area contributed by atoms with Gasteiger partial charge in [0.2, 0.25) is 0 Å². The number of nitriles is 1. The first-order valence-electron chi connectivity index (χ1n) is 4.00. The van der Waals surface area contributed by atoms with Crippen LogP contribution in [0, 0.1) is 11.3 Å². The first-order valence-corrected chi connectivity index (χ1v) is 4.00. The minimum absolute atomic E-state index is 0.375. The van der Waals surface area contributed by atoms with Crippen LogP contribution in [0.25, 0.3) is 0 Å². The zero-order valence-electron chi connectivity index (χ0n) is 8.08. The van der Waals surface area contributed by atoms with E-state index in [-0.39, 0.29) is 6.54 Å². The monoisotopic (exact) mass is 233 g/mol. The van der Waals surface area contributed by atoms with Gasteiger partial charge in [0.15, 0.2) is 5.69 Å². The van der Waals surface area contributed by atoms with E-state index in [4.69, 9.17) is 5.26 Å². The summed E-state index contributed by atoms with van der Waals surface area (Å²) in [5.41, 5.74) is -2.06. The lowest BCUT2D eigenvalue weighted by Gasteiger charge is -2.03. The highest BCUT2D eigenvalue weighted by atomic mass is 19.4. The van der Waals surface area contributed by atoms with Crippen LogP contribution < -0.4 is 0 Å². The topological polar surface area (TPSA) is 67.9 Å². The standard InChI is InChI=1S/C8H6F3N3O2/c1-16-7(15)5-4-14(3-2-12)13-6(5)8(9,10)11/h4H,3H2,1H3. The minimum atomic E-state index is -4.76. The lowest BCUT2D eigenvalue weighted by atomic mass is 10.2. The van der Waals surface area contributed by atoms with Gasteiger partial charge in [-0.05, 0) is 0 Å². The summed E-state index contributed by atoms with van der Waals surface area (Å²) in [5.74, 6) is -1.14. The largest absolute Gasteiger partial charge is 0.465 e.